The van der Waals surface area contributed by atoms with Crippen LogP contribution in [0, 0.1) is 12.7 Å². The zero-order valence-corrected chi connectivity index (χ0v) is 11.6. The number of rotatable bonds is 2. The topological polar surface area (TPSA) is 26.3 Å². The van der Waals surface area contributed by atoms with Crippen molar-refractivity contribution in [3.63, 3.8) is 0 Å². The van der Waals surface area contributed by atoms with E-state index >= 15 is 0 Å². The molecule has 3 heteroatoms. The summed E-state index contributed by atoms with van der Waals surface area (Å²) >= 11 is 0. The summed E-state index contributed by atoms with van der Waals surface area (Å²) < 4.78 is 17.7. The van der Waals surface area contributed by atoms with Crippen LogP contribution in [0.3, 0.4) is 0 Å². The minimum atomic E-state index is -0.473. The zero-order valence-electron chi connectivity index (χ0n) is 11.6. The van der Waals surface area contributed by atoms with E-state index in [0.29, 0.717) is 17.7 Å². The molecule has 0 aliphatic heterocycles. The second kappa shape index (κ2) is 11.1. The molecule has 1 aromatic carbocycles. The molecule has 0 bridgehead atoms. The Bertz CT molecular complexity index is 322. The van der Waals surface area contributed by atoms with E-state index in [2.05, 4.69) is 0 Å². The van der Waals surface area contributed by atoms with Gasteiger partial charge in [-0.3, -0.25) is 0 Å². The molecule has 0 spiro atoms. The van der Waals surface area contributed by atoms with Crippen molar-refractivity contribution < 1.29 is 13.9 Å². The minimum absolute atomic E-state index is 0.293. The summed E-state index contributed by atoms with van der Waals surface area (Å²) in [5.74, 6) is -0.856. The molecule has 0 aliphatic rings. The van der Waals surface area contributed by atoms with Gasteiger partial charge < -0.3 is 4.74 Å². The first-order valence-electron chi connectivity index (χ1n) is 6.09. The molecule has 0 radical (unpaired) electrons. The third kappa shape index (κ3) is 6.05. The number of halogens is 1. The molecular formula is C14H23FO2. The number of esters is 1. The zero-order chi connectivity index (χ0) is 13.8. The van der Waals surface area contributed by atoms with E-state index in [4.69, 9.17) is 4.74 Å². The number of carbonyl (C=O) groups is 1. The predicted molar refractivity (Wildman–Crippen MR) is 69.8 cm³/mol. The van der Waals surface area contributed by atoms with Gasteiger partial charge in [0.05, 0.1) is 12.2 Å². The Morgan fingerprint density at radius 1 is 1.24 bits per heavy atom. The maximum absolute atomic E-state index is 13.0. The van der Waals surface area contributed by atoms with E-state index in [1.165, 1.54) is 12.1 Å². The lowest BCUT2D eigenvalue weighted by atomic mass is 10.1. The number of ether oxygens (including phenoxy) is 1. The molecule has 0 aliphatic carbocycles. The largest absolute Gasteiger partial charge is 0.462 e. The molecule has 17 heavy (non-hydrogen) atoms. The third-order valence-corrected chi connectivity index (χ3v) is 1.76. The van der Waals surface area contributed by atoms with Gasteiger partial charge >= 0.3 is 5.97 Å². The molecule has 0 N–H and O–H groups in total. The van der Waals surface area contributed by atoms with E-state index in [1.807, 2.05) is 27.7 Å². The van der Waals surface area contributed by atoms with Crippen molar-refractivity contribution in [2.24, 2.45) is 0 Å². The van der Waals surface area contributed by atoms with Gasteiger partial charge in [-0.1, -0.05) is 33.8 Å². The van der Waals surface area contributed by atoms with E-state index in [0.717, 1.165) is 0 Å². The monoisotopic (exact) mass is 242 g/mol. The van der Waals surface area contributed by atoms with Gasteiger partial charge in [-0.05, 0) is 31.5 Å². The van der Waals surface area contributed by atoms with Crippen LogP contribution in [0.2, 0.25) is 0 Å². The number of benzene rings is 1. The van der Waals surface area contributed by atoms with Gasteiger partial charge in [0.2, 0.25) is 0 Å². The molecule has 1 rings (SSSR count). The summed E-state index contributed by atoms with van der Waals surface area (Å²) in [4.78, 5) is 11.2. The van der Waals surface area contributed by atoms with Crippen LogP contribution in [0.5, 0.6) is 0 Å². The summed E-state index contributed by atoms with van der Waals surface area (Å²) in [7, 11) is 0. The van der Waals surface area contributed by atoms with Crippen LogP contribution >= 0.6 is 0 Å². The fourth-order valence-corrected chi connectivity index (χ4v) is 1.04. The SMILES string of the molecule is CC.CC.CCOC(=O)c1cccc(F)c1C. The second-order valence-electron chi connectivity index (χ2n) is 2.63. The Hall–Kier alpha value is -1.38. The molecule has 0 unspecified atom stereocenters. The van der Waals surface area contributed by atoms with Gasteiger partial charge in [0, 0.05) is 0 Å². The highest BCUT2D eigenvalue weighted by atomic mass is 19.1. The first-order valence-corrected chi connectivity index (χ1v) is 6.09. The highest BCUT2D eigenvalue weighted by molar-refractivity contribution is 5.90. The van der Waals surface area contributed by atoms with Crippen LogP contribution in [-0.4, -0.2) is 12.6 Å². The van der Waals surface area contributed by atoms with Gasteiger partial charge in [0.25, 0.3) is 0 Å². The summed E-state index contributed by atoms with van der Waals surface area (Å²) in [5.41, 5.74) is 0.628. The Kier molecular flexibility index (Phi) is 11.8. The van der Waals surface area contributed by atoms with Gasteiger partial charge in [-0.25, -0.2) is 9.18 Å². The third-order valence-electron chi connectivity index (χ3n) is 1.76. The number of hydrogen-bond donors (Lipinski definition) is 0. The van der Waals surface area contributed by atoms with Crippen LogP contribution in [0.1, 0.15) is 50.5 Å². The molecule has 1 aromatic rings. The average molecular weight is 242 g/mol. The maximum Gasteiger partial charge on any atom is 0.338 e. The average Bonchev–Trinajstić information content (AvgIpc) is 2.38. The minimum Gasteiger partial charge on any atom is -0.462 e. The highest BCUT2D eigenvalue weighted by Crippen LogP contribution is 2.12. The van der Waals surface area contributed by atoms with Crippen molar-refractivity contribution in [2.45, 2.75) is 41.5 Å². The fourth-order valence-electron chi connectivity index (χ4n) is 1.04. The van der Waals surface area contributed by atoms with Gasteiger partial charge in [-0.2, -0.15) is 0 Å². The summed E-state index contributed by atoms with van der Waals surface area (Å²) in [6.07, 6.45) is 0. The molecule has 2 nitrogen and oxygen atoms in total. The van der Waals surface area contributed by atoms with Crippen LogP contribution in [0.15, 0.2) is 18.2 Å². The van der Waals surface area contributed by atoms with Crippen LogP contribution in [-0.2, 0) is 4.74 Å². The number of hydrogen-bond acceptors (Lipinski definition) is 2. The van der Waals surface area contributed by atoms with Crippen molar-refractivity contribution in [3.8, 4) is 0 Å². The molecule has 98 valence electrons. The van der Waals surface area contributed by atoms with E-state index in [9.17, 15) is 9.18 Å². The standard InChI is InChI=1S/C10H11FO2.2C2H6/c1-3-13-10(12)8-5-4-6-9(11)7(8)2;2*1-2/h4-6H,3H2,1-2H3;2*1-2H3. The van der Waals surface area contributed by atoms with Crippen LogP contribution in [0.25, 0.3) is 0 Å². The molecule has 0 fully saturated rings. The predicted octanol–water partition coefficient (Wildman–Crippen LogP) is 4.36. The lowest BCUT2D eigenvalue weighted by Gasteiger charge is -2.04. The molecule has 0 aromatic heterocycles. The lowest BCUT2D eigenvalue weighted by Crippen LogP contribution is -2.07. The normalized spacial score (nSPS) is 8.18. The Balaban J connectivity index is 0. The Labute approximate surface area is 104 Å². The summed E-state index contributed by atoms with van der Waals surface area (Å²) in [6, 6.07) is 4.36. The first-order chi connectivity index (χ1) is 8.16. The maximum atomic E-state index is 13.0. The van der Waals surface area contributed by atoms with Crippen molar-refractivity contribution in [1.82, 2.24) is 0 Å². The Morgan fingerprint density at radius 2 is 1.76 bits per heavy atom. The molecule has 0 saturated carbocycles. The second-order valence-corrected chi connectivity index (χ2v) is 2.63. The van der Waals surface area contributed by atoms with Gasteiger partial charge in [0.1, 0.15) is 5.82 Å². The summed E-state index contributed by atoms with van der Waals surface area (Å²) in [6.45, 7) is 11.6. The van der Waals surface area contributed by atoms with Crippen LogP contribution < -0.4 is 0 Å². The molecule has 0 saturated heterocycles. The van der Waals surface area contributed by atoms with E-state index < -0.39 is 5.97 Å². The molecule has 0 heterocycles. The number of carbonyl (C=O) groups excluding carboxylic acids is 1. The molecular weight excluding hydrogens is 219 g/mol. The quantitative estimate of drug-likeness (QED) is 0.720. The lowest BCUT2D eigenvalue weighted by molar-refractivity contribution is 0.0525. The smallest absolute Gasteiger partial charge is 0.338 e. The fraction of sp³-hybridized carbons (Fsp3) is 0.500. The van der Waals surface area contributed by atoms with E-state index in [1.54, 1.807) is 19.9 Å². The van der Waals surface area contributed by atoms with Crippen molar-refractivity contribution in [3.05, 3.63) is 35.1 Å². The van der Waals surface area contributed by atoms with Crippen molar-refractivity contribution in [2.75, 3.05) is 6.61 Å². The molecule has 0 atom stereocenters. The van der Waals surface area contributed by atoms with E-state index in [-0.39, 0.29) is 5.82 Å². The van der Waals surface area contributed by atoms with Crippen molar-refractivity contribution in [1.29, 1.82) is 0 Å². The van der Waals surface area contributed by atoms with Crippen molar-refractivity contribution >= 4 is 5.97 Å². The van der Waals surface area contributed by atoms with Gasteiger partial charge in [0.15, 0.2) is 0 Å². The summed E-state index contributed by atoms with van der Waals surface area (Å²) in [5, 5.41) is 0. The highest BCUT2D eigenvalue weighted by Gasteiger charge is 2.11. The Morgan fingerprint density at radius 3 is 2.24 bits per heavy atom. The first kappa shape index (κ1) is 18.0. The molecule has 0 amide bonds. The van der Waals surface area contributed by atoms with Crippen LogP contribution in [0.4, 0.5) is 4.39 Å². The van der Waals surface area contributed by atoms with Gasteiger partial charge in [-0.15, -0.1) is 0 Å².